The first kappa shape index (κ1) is 24.1. The summed E-state index contributed by atoms with van der Waals surface area (Å²) in [6.45, 7) is 1.56. The number of halogens is 1. The highest BCUT2D eigenvalue weighted by Gasteiger charge is 2.34. The Labute approximate surface area is 235 Å². The van der Waals surface area contributed by atoms with Gasteiger partial charge in [0.2, 0.25) is 0 Å². The largest absolute Gasteiger partial charge is 0.508 e. The molecule has 2 atom stereocenters. The predicted molar refractivity (Wildman–Crippen MR) is 161 cm³/mol. The van der Waals surface area contributed by atoms with Crippen LogP contribution < -0.4 is 10.2 Å². The van der Waals surface area contributed by atoms with E-state index in [4.69, 9.17) is 9.97 Å². The van der Waals surface area contributed by atoms with Gasteiger partial charge in [0.25, 0.3) is 0 Å². The second-order valence-corrected chi connectivity index (χ2v) is 11.2. The van der Waals surface area contributed by atoms with Gasteiger partial charge in [0.15, 0.2) is 11.6 Å². The molecule has 41 heavy (non-hydrogen) atoms. The number of hydrogen-bond acceptors (Lipinski definition) is 6. The molecule has 2 aliphatic heterocycles. The fraction of sp³-hybridized carbons (Fsp3) is 0.176. The van der Waals surface area contributed by atoms with E-state index in [1.54, 1.807) is 30.3 Å². The van der Waals surface area contributed by atoms with Gasteiger partial charge in [-0.2, -0.15) is 0 Å². The van der Waals surface area contributed by atoms with Crippen LogP contribution in [0.5, 0.6) is 11.5 Å². The third kappa shape index (κ3) is 3.96. The van der Waals surface area contributed by atoms with Gasteiger partial charge in [-0.25, -0.2) is 14.4 Å². The zero-order chi connectivity index (χ0) is 27.7. The molecule has 6 aromatic rings. The number of aromatic hydroxyl groups is 2. The lowest BCUT2D eigenvalue weighted by Crippen LogP contribution is -2.51. The number of rotatable bonds is 3. The Bertz CT molecular complexity index is 2000. The molecule has 7 heteroatoms. The van der Waals surface area contributed by atoms with E-state index in [1.807, 2.05) is 54.6 Å². The molecule has 0 unspecified atom stereocenters. The van der Waals surface area contributed by atoms with Crippen molar-refractivity contribution in [3.05, 3.63) is 90.7 Å². The van der Waals surface area contributed by atoms with Crippen LogP contribution in [-0.2, 0) is 0 Å². The van der Waals surface area contributed by atoms with Crippen molar-refractivity contribution < 1.29 is 14.6 Å². The fourth-order valence-electron chi connectivity index (χ4n) is 6.68. The van der Waals surface area contributed by atoms with Gasteiger partial charge in [-0.1, -0.05) is 54.6 Å². The van der Waals surface area contributed by atoms with Crippen LogP contribution in [-0.4, -0.2) is 45.4 Å². The second kappa shape index (κ2) is 9.14. The Morgan fingerprint density at radius 1 is 0.683 bits per heavy atom. The first-order valence-corrected chi connectivity index (χ1v) is 14.0. The standard InChI is InChI=1S/C34H27FN4O2/c35-31-27(29-15-23(40)13-19-5-1-3-7-25(19)29)11-12-28-32(31)37-33(30-16-24(41)14-20-6-2-4-8-26(20)30)38-34(28)39-17-21-9-10-22(18-39)36-21/h1-8,11-16,21-22,36,40-41H,9-10,17-18H2/t21-,22+. The summed E-state index contributed by atoms with van der Waals surface area (Å²) in [5.74, 6) is 0.768. The maximum absolute atomic E-state index is 16.8. The van der Waals surface area contributed by atoms with Crippen molar-refractivity contribution in [1.82, 2.24) is 15.3 Å². The lowest BCUT2D eigenvalue weighted by Gasteiger charge is -2.34. The molecule has 5 aromatic carbocycles. The lowest BCUT2D eigenvalue weighted by atomic mass is 9.96. The van der Waals surface area contributed by atoms with E-state index in [1.165, 1.54) is 0 Å². The molecule has 0 saturated carbocycles. The van der Waals surface area contributed by atoms with Gasteiger partial charge in [-0.3, -0.25) is 0 Å². The Morgan fingerprint density at radius 2 is 1.29 bits per heavy atom. The Balaban J connectivity index is 1.41. The maximum Gasteiger partial charge on any atom is 0.163 e. The number of nitrogens with one attached hydrogen (secondary N) is 1. The predicted octanol–water partition coefficient (Wildman–Crippen LogP) is 6.76. The molecule has 2 bridgehead atoms. The molecule has 3 N–H and O–H groups in total. The van der Waals surface area contributed by atoms with Crippen LogP contribution in [0.4, 0.5) is 10.2 Å². The number of phenols is 2. The molecule has 0 aliphatic carbocycles. The van der Waals surface area contributed by atoms with E-state index in [0.717, 1.165) is 47.5 Å². The molecule has 1 aromatic heterocycles. The summed E-state index contributed by atoms with van der Waals surface area (Å²) in [6, 6.07) is 26.4. The summed E-state index contributed by atoms with van der Waals surface area (Å²) < 4.78 is 16.8. The molecular formula is C34H27FN4O2. The van der Waals surface area contributed by atoms with Crippen LogP contribution in [0.25, 0.3) is 55.0 Å². The Kier molecular flexibility index (Phi) is 5.37. The van der Waals surface area contributed by atoms with Crippen LogP contribution in [0.1, 0.15) is 12.8 Å². The highest BCUT2D eigenvalue weighted by Crippen LogP contribution is 2.40. The fourth-order valence-corrected chi connectivity index (χ4v) is 6.68. The average molecular weight is 543 g/mol. The second-order valence-electron chi connectivity index (χ2n) is 11.2. The molecule has 2 aliphatic rings. The number of benzene rings is 5. The van der Waals surface area contributed by atoms with Gasteiger partial charge < -0.3 is 20.4 Å². The normalized spacial score (nSPS) is 18.5. The average Bonchev–Trinajstić information content (AvgIpc) is 3.33. The summed E-state index contributed by atoms with van der Waals surface area (Å²) in [5, 5.41) is 28.8. The molecule has 6 nitrogen and oxygen atoms in total. The molecule has 2 saturated heterocycles. The quantitative estimate of drug-likeness (QED) is 0.229. The monoisotopic (exact) mass is 542 g/mol. The number of hydrogen-bond donors (Lipinski definition) is 3. The van der Waals surface area contributed by atoms with Gasteiger partial charge in [-0.05, 0) is 70.3 Å². The molecular weight excluding hydrogens is 515 g/mol. The maximum atomic E-state index is 16.8. The number of aromatic nitrogens is 2. The van der Waals surface area contributed by atoms with Gasteiger partial charge in [0.05, 0.1) is 0 Å². The van der Waals surface area contributed by atoms with Crippen molar-refractivity contribution >= 4 is 38.3 Å². The first-order chi connectivity index (χ1) is 20.0. The van der Waals surface area contributed by atoms with Gasteiger partial charge in [-0.15, -0.1) is 0 Å². The van der Waals surface area contributed by atoms with Crippen LogP contribution in [0.15, 0.2) is 84.9 Å². The Morgan fingerprint density at radius 3 is 1.98 bits per heavy atom. The van der Waals surface area contributed by atoms with E-state index in [-0.39, 0.29) is 17.0 Å². The topological polar surface area (TPSA) is 81.5 Å². The smallest absolute Gasteiger partial charge is 0.163 e. The molecule has 0 amide bonds. The van der Waals surface area contributed by atoms with Crippen molar-refractivity contribution in [2.45, 2.75) is 24.9 Å². The van der Waals surface area contributed by atoms with E-state index in [2.05, 4.69) is 10.2 Å². The van der Waals surface area contributed by atoms with Gasteiger partial charge >= 0.3 is 0 Å². The van der Waals surface area contributed by atoms with Crippen molar-refractivity contribution in [3.63, 3.8) is 0 Å². The lowest BCUT2D eigenvalue weighted by molar-refractivity contribution is 0.464. The molecule has 202 valence electrons. The summed E-state index contributed by atoms with van der Waals surface area (Å²) in [4.78, 5) is 12.1. The minimum atomic E-state index is -0.467. The zero-order valence-electron chi connectivity index (χ0n) is 22.2. The SMILES string of the molecule is Oc1cc(-c2nc(N3C[C@H]4CC[C@@H](C3)N4)c3ccc(-c4cc(O)cc5ccccc45)c(F)c3n2)c2ccccc2c1. The molecule has 0 radical (unpaired) electrons. The van der Waals surface area contributed by atoms with Crippen LogP contribution in [0, 0.1) is 5.82 Å². The minimum absolute atomic E-state index is 0.0739. The van der Waals surface area contributed by atoms with Crippen LogP contribution in [0.3, 0.4) is 0 Å². The molecule has 0 spiro atoms. The number of piperazine rings is 1. The van der Waals surface area contributed by atoms with E-state index < -0.39 is 5.82 Å². The summed E-state index contributed by atoms with van der Waals surface area (Å²) in [7, 11) is 0. The number of nitrogens with zero attached hydrogens (tertiary/aromatic N) is 3. The van der Waals surface area contributed by atoms with Crippen molar-refractivity contribution in [1.29, 1.82) is 0 Å². The van der Waals surface area contributed by atoms with Crippen LogP contribution >= 0.6 is 0 Å². The third-order valence-electron chi connectivity index (χ3n) is 8.53. The highest BCUT2D eigenvalue weighted by molar-refractivity contribution is 6.03. The van der Waals surface area contributed by atoms with Crippen LogP contribution in [0.2, 0.25) is 0 Å². The molecule has 3 heterocycles. The van der Waals surface area contributed by atoms with E-state index in [9.17, 15) is 10.2 Å². The van der Waals surface area contributed by atoms with Gasteiger partial charge in [0, 0.05) is 41.7 Å². The van der Waals surface area contributed by atoms with Crippen molar-refractivity contribution in [3.8, 4) is 34.0 Å². The Hall–Kier alpha value is -4.75. The summed E-state index contributed by atoms with van der Waals surface area (Å²) >= 11 is 0. The first-order valence-electron chi connectivity index (χ1n) is 14.0. The van der Waals surface area contributed by atoms with Crippen molar-refractivity contribution in [2.24, 2.45) is 0 Å². The third-order valence-corrected chi connectivity index (χ3v) is 8.53. The summed E-state index contributed by atoms with van der Waals surface area (Å²) in [5.41, 5.74) is 1.83. The zero-order valence-corrected chi connectivity index (χ0v) is 22.2. The van der Waals surface area contributed by atoms with E-state index >= 15 is 4.39 Å². The number of fused-ring (bicyclic) bond motifs is 5. The molecule has 8 rings (SSSR count). The van der Waals surface area contributed by atoms with Crippen molar-refractivity contribution in [2.75, 3.05) is 18.0 Å². The molecule has 2 fully saturated rings. The number of phenolic OH excluding ortho intramolecular Hbond substituents is 2. The minimum Gasteiger partial charge on any atom is -0.508 e. The highest BCUT2D eigenvalue weighted by atomic mass is 19.1. The number of anilines is 1. The summed E-state index contributed by atoms with van der Waals surface area (Å²) in [6.07, 6.45) is 2.22. The van der Waals surface area contributed by atoms with E-state index in [0.29, 0.717) is 45.8 Å². The van der Waals surface area contributed by atoms with Gasteiger partial charge in [0.1, 0.15) is 22.8 Å².